The molecule has 3 heteroatoms. The van der Waals surface area contributed by atoms with E-state index in [1.165, 1.54) is 0 Å². The number of carbonyl (C=O) groups is 1. The van der Waals surface area contributed by atoms with Gasteiger partial charge < -0.3 is 10.8 Å². The van der Waals surface area contributed by atoms with E-state index in [1.54, 1.807) is 0 Å². The van der Waals surface area contributed by atoms with Crippen LogP contribution in [0.2, 0.25) is 0 Å². The summed E-state index contributed by atoms with van der Waals surface area (Å²) in [7, 11) is 0. The van der Waals surface area contributed by atoms with Gasteiger partial charge in [0.2, 0.25) is 0 Å². The second kappa shape index (κ2) is 2.98. The van der Waals surface area contributed by atoms with Gasteiger partial charge in [-0.1, -0.05) is 6.92 Å². The molecular formula is C10H19NO2. The summed E-state index contributed by atoms with van der Waals surface area (Å²) in [5.41, 5.74) is 5.38. The maximum Gasteiger partial charge on any atom is 0.303 e. The molecule has 1 aliphatic rings. The van der Waals surface area contributed by atoms with E-state index in [9.17, 15) is 4.79 Å². The molecule has 3 N–H and O–H groups in total. The first kappa shape index (κ1) is 10.5. The van der Waals surface area contributed by atoms with Gasteiger partial charge in [0.05, 0.1) is 6.42 Å². The maximum absolute atomic E-state index is 10.7. The Balaban J connectivity index is 2.80. The van der Waals surface area contributed by atoms with Gasteiger partial charge in [0.25, 0.3) is 0 Å². The zero-order valence-electron chi connectivity index (χ0n) is 8.63. The molecule has 0 saturated heterocycles. The van der Waals surface area contributed by atoms with Crippen LogP contribution in [0.25, 0.3) is 0 Å². The van der Waals surface area contributed by atoms with Crippen molar-refractivity contribution in [3.63, 3.8) is 0 Å². The Bertz CT molecular complexity index is 215. The zero-order valence-corrected chi connectivity index (χ0v) is 8.63. The van der Waals surface area contributed by atoms with E-state index in [0.717, 1.165) is 12.8 Å². The topological polar surface area (TPSA) is 63.3 Å². The smallest absolute Gasteiger partial charge is 0.303 e. The average molecular weight is 185 g/mol. The minimum Gasteiger partial charge on any atom is -0.481 e. The molecule has 1 saturated carbocycles. The predicted octanol–water partition coefficient (Wildman–Crippen LogP) is 1.61. The van der Waals surface area contributed by atoms with Crippen LogP contribution < -0.4 is 5.73 Å². The van der Waals surface area contributed by atoms with E-state index in [-0.39, 0.29) is 11.8 Å². The van der Waals surface area contributed by atoms with Gasteiger partial charge in [-0.3, -0.25) is 4.79 Å². The number of hydrogen-bond acceptors (Lipinski definition) is 2. The van der Waals surface area contributed by atoms with Crippen molar-refractivity contribution in [3.8, 4) is 0 Å². The summed E-state index contributed by atoms with van der Waals surface area (Å²) in [6, 6.07) is 0. The van der Waals surface area contributed by atoms with Gasteiger partial charge in [-0.2, -0.15) is 0 Å². The molecule has 0 aromatic carbocycles. The van der Waals surface area contributed by atoms with Crippen LogP contribution in [-0.4, -0.2) is 16.6 Å². The lowest BCUT2D eigenvalue weighted by molar-refractivity contribution is -0.141. The van der Waals surface area contributed by atoms with Crippen LogP contribution in [0.3, 0.4) is 0 Å². The van der Waals surface area contributed by atoms with Crippen LogP contribution in [0, 0.1) is 11.3 Å². The molecule has 1 fully saturated rings. The first-order valence-corrected chi connectivity index (χ1v) is 4.78. The Kier molecular flexibility index (Phi) is 2.41. The Hall–Kier alpha value is -0.570. The summed E-state index contributed by atoms with van der Waals surface area (Å²) in [5, 5.41) is 8.83. The molecule has 0 aromatic heterocycles. The number of aliphatic carboxylic acids is 1. The average Bonchev–Trinajstić information content (AvgIpc) is 2.62. The molecule has 1 aliphatic carbocycles. The SMILES string of the molecule is CC(C)(N)C(C)(CC(=O)O)C1CC1. The molecule has 0 heterocycles. The van der Waals surface area contributed by atoms with Crippen molar-refractivity contribution >= 4 is 5.97 Å². The van der Waals surface area contributed by atoms with Crippen molar-refractivity contribution in [1.29, 1.82) is 0 Å². The third-order valence-corrected chi connectivity index (χ3v) is 3.47. The van der Waals surface area contributed by atoms with Crippen LogP contribution in [0.15, 0.2) is 0 Å². The quantitative estimate of drug-likeness (QED) is 0.699. The molecule has 0 aromatic rings. The van der Waals surface area contributed by atoms with Crippen molar-refractivity contribution in [2.24, 2.45) is 17.1 Å². The molecule has 1 atom stereocenters. The molecule has 13 heavy (non-hydrogen) atoms. The summed E-state index contributed by atoms with van der Waals surface area (Å²) in [6.45, 7) is 5.85. The fourth-order valence-electron chi connectivity index (χ4n) is 1.93. The van der Waals surface area contributed by atoms with Crippen molar-refractivity contribution in [3.05, 3.63) is 0 Å². The van der Waals surface area contributed by atoms with Crippen LogP contribution >= 0.6 is 0 Å². The van der Waals surface area contributed by atoms with Gasteiger partial charge in [-0.15, -0.1) is 0 Å². The molecule has 0 amide bonds. The normalized spacial score (nSPS) is 22.5. The Morgan fingerprint density at radius 2 is 1.92 bits per heavy atom. The van der Waals surface area contributed by atoms with Gasteiger partial charge >= 0.3 is 5.97 Å². The second-order valence-electron chi connectivity index (χ2n) is 4.98. The number of nitrogens with two attached hydrogens (primary N) is 1. The summed E-state index contributed by atoms with van der Waals surface area (Å²) < 4.78 is 0. The van der Waals surface area contributed by atoms with Crippen LogP contribution in [0.1, 0.15) is 40.0 Å². The van der Waals surface area contributed by atoms with E-state index in [0.29, 0.717) is 5.92 Å². The first-order chi connectivity index (χ1) is 5.77. The summed E-state index contributed by atoms with van der Waals surface area (Å²) >= 11 is 0. The molecule has 0 aliphatic heterocycles. The summed E-state index contributed by atoms with van der Waals surface area (Å²) in [4.78, 5) is 10.7. The Labute approximate surface area is 79.3 Å². The van der Waals surface area contributed by atoms with Crippen molar-refractivity contribution < 1.29 is 9.90 Å². The number of carboxylic acids is 1. The fraction of sp³-hybridized carbons (Fsp3) is 0.900. The third kappa shape index (κ3) is 2.02. The molecular weight excluding hydrogens is 166 g/mol. The lowest BCUT2D eigenvalue weighted by atomic mass is 9.67. The number of hydrogen-bond donors (Lipinski definition) is 2. The molecule has 0 bridgehead atoms. The fourth-order valence-corrected chi connectivity index (χ4v) is 1.93. The second-order valence-corrected chi connectivity index (χ2v) is 4.98. The predicted molar refractivity (Wildman–Crippen MR) is 51.4 cm³/mol. The maximum atomic E-state index is 10.7. The zero-order chi connectivity index (χ0) is 10.3. The van der Waals surface area contributed by atoms with Gasteiger partial charge in [-0.05, 0) is 38.0 Å². The van der Waals surface area contributed by atoms with Gasteiger partial charge in [-0.25, -0.2) is 0 Å². The highest BCUT2D eigenvalue weighted by atomic mass is 16.4. The standard InChI is InChI=1S/C10H19NO2/c1-9(2,11)10(3,6-8(12)13)7-4-5-7/h7H,4-6,11H2,1-3H3,(H,12,13). The molecule has 76 valence electrons. The minimum atomic E-state index is -0.743. The van der Waals surface area contributed by atoms with Gasteiger partial charge in [0.15, 0.2) is 0 Å². The summed E-state index contributed by atoms with van der Waals surface area (Å²) in [5.74, 6) is -0.239. The molecule has 1 rings (SSSR count). The highest BCUT2D eigenvalue weighted by molar-refractivity contribution is 5.68. The highest BCUT2D eigenvalue weighted by Gasteiger charge is 2.50. The molecule has 0 radical (unpaired) electrons. The van der Waals surface area contributed by atoms with Gasteiger partial charge in [0.1, 0.15) is 0 Å². The Morgan fingerprint density at radius 3 is 2.15 bits per heavy atom. The number of rotatable bonds is 4. The Morgan fingerprint density at radius 1 is 1.46 bits per heavy atom. The highest BCUT2D eigenvalue weighted by Crippen LogP contribution is 2.52. The third-order valence-electron chi connectivity index (χ3n) is 3.47. The van der Waals surface area contributed by atoms with Crippen LogP contribution in [0.4, 0.5) is 0 Å². The van der Waals surface area contributed by atoms with E-state index in [2.05, 4.69) is 0 Å². The van der Waals surface area contributed by atoms with Crippen molar-refractivity contribution in [2.75, 3.05) is 0 Å². The largest absolute Gasteiger partial charge is 0.481 e. The van der Waals surface area contributed by atoms with Crippen LogP contribution in [0.5, 0.6) is 0 Å². The van der Waals surface area contributed by atoms with Gasteiger partial charge in [0, 0.05) is 5.54 Å². The summed E-state index contributed by atoms with van der Waals surface area (Å²) in [6.07, 6.45) is 2.44. The first-order valence-electron chi connectivity index (χ1n) is 4.78. The van der Waals surface area contributed by atoms with E-state index in [4.69, 9.17) is 10.8 Å². The van der Waals surface area contributed by atoms with E-state index < -0.39 is 11.5 Å². The van der Waals surface area contributed by atoms with Crippen molar-refractivity contribution in [2.45, 2.75) is 45.6 Å². The minimum absolute atomic E-state index is 0.182. The van der Waals surface area contributed by atoms with Crippen molar-refractivity contribution in [1.82, 2.24) is 0 Å². The monoisotopic (exact) mass is 185 g/mol. The number of carboxylic acid groups (broad SMARTS) is 1. The lowest BCUT2D eigenvalue weighted by Gasteiger charge is -2.41. The van der Waals surface area contributed by atoms with Crippen LogP contribution in [-0.2, 0) is 4.79 Å². The van der Waals surface area contributed by atoms with E-state index in [1.807, 2.05) is 20.8 Å². The molecule has 1 unspecified atom stereocenters. The molecule has 3 nitrogen and oxygen atoms in total. The van der Waals surface area contributed by atoms with E-state index >= 15 is 0 Å². The lowest BCUT2D eigenvalue weighted by Crippen LogP contribution is -2.51. The molecule has 0 spiro atoms.